The Kier molecular flexibility index (Phi) is 7.83. The number of carbonyl (C=O) groups is 3. The molecule has 0 unspecified atom stereocenters. The van der Waals surface area contributed by atoms with Crippen molar-refractivity contribution in [1.82, 2.24) is 4.90 Å². The monoisotopic (exact) mass is 687 g/mol. The summed E-state index contributed by atoms with van der Waals surface area (Å²) in [6, 6.07) is 10.1. The quantitative estimate of drug-likeness (QED) is 0.335. The molecule has 9 heteroatoms. The smallest absolute Gasteiger partial charge is 0.323 e. The summed E-state index contributed by atoms with van der Waals surface area (Å²) in [6.07, 6.45) is 1.65. The highest BCUT2D eigenvalue weighted by atomic mass is 79.9. The second-order valence-electron chi connectivity index (χ2n) is 12.7. The van der Waals surface area contributed by atoms with Gasteiger partial charge in [-0.15, -0.1) is 0 Å². The number of halogens is 3. The molecule has 0 bridgehead atoms. The first-order valence-electron chi connectivity index (χ1n) is 13.5. The lowest BCUT2D eigenvalue weighted by atomic mass is 9.63. The number of Topliss-reactive ketones (excluding diaryl/α,β-unsaturated/α-hetero) is 2. The van der Waals surface area contributed by atoms with Crippen molar-refractivity contribution in [2.24, 2.45) is 10.8 Å². The Morgan fingerprint density at radius 2 is 1.46 bits per heavy atom. The number of hydrogen-bond acceptors (Lipinski definition) is 5. The van der Waals surface area contributed by atoms with Crippen LogP contribution in [0.25, 0.3) is 0 Å². The first-order valence-corrected chi connectivity index (χ1v) is 15.1. The molecule has 0 spiro atoms. The number of hydrogen-bond donors (Lipinski definition) is 1. The van der Waals surface area contributed by atoms with E-state index < -0.39 is 11.9 Å². The van der Waals surface area contributed by atoms with Crippen molar-refractivity contribution in [3.63, 3.8) is 0 Å². The van der Waals surface area contributed by atoms with Crippen molar-refractivity contribution < 1.29 is 28.6 Å². The van der Waals surface area contributed by atoms with Crippen LogP contribution in [0.3, 0.4) is 0 Å². The molecular formula is C32H32Br2FNO5. The summed E-state index contributed by atoms with van der Waals surface area (Å²) < 4.78 is 21.3. The van der Waals surface area contributed by atoms with E-state index in [1.807, 2.05) is 39.8 Å². The zero-order valence-electron chi connectivity index (χ0n) is 23.4. The van der Waals surface area contributed by atoms with Crippen LogP contribution < -0.4 is 4.74 Å². The van der Waals surface area contributed by atoms with Gasteiger partial charge in [0.15, 0.2) is 11.6 Å². The molecule has 0 atom stereocenters. The predicted octanol–water partition coefficient (Wildman–Crippen LogP) is 7.70. The van der Waals surface area contributed by atoms with Crippen LogP contribution in [0.5, 0.6) is 5.75 Å². The van der Waals surface area contributed by atoms with E-state index in [0.717, 1.165) is 5.56 Å². The maximum Gasteiger partial charge on any atom is 0.323 e. The number of nitrogens with zero attached hydrogens (tertiary/aromatic N) is 1. The maximum atomic E-state index is 14.2. The van der Waals surface area contributed by atoms with Gasteiger partial charge in [-0.05, 0) is 79.3 Å². The minimum Gasteiger partial charge on any atom is -0.486 e. The molecule has 0 aromatic heterocycles. The summed E-state index contributed by atoms with van der Waals surface area (Å²) in [5.74, 6) is -1.70. The normalized spacial score (nSPS) is 20.2. The highest BCUT2D eigenvalue weighted by Gasteiger charge is 2.49. The van der Waals surface area contributed by atoms with Crippen molar-refractivity contribution in [2.45, 2.75) is 65.9 Å². The molecule has 0 saturated carbocycles. The molecule has 2 aliphatic carbocycles. The number of rotatable bonds is 6. The third-order valence-corrected chi connectivity index (χ3v) is 9.18. The summed E-state index contributed by atoms with van der Waals surface area (Å²) in [5.41, 5.74) is 2.80. The fourth-order valence-corrected chi connectivity index (χ4v) is 7.81. The lowest BCUT2D eigenvalue weighted by Gasteiger charge is -2.48. The van der Waals surface area contributed by atoms with Crippen LogP contribution in [-0.4, -0.2) is 34.1 Å². The van der Waals surface area contributed by atoms with Gasteiger partial charge in [-0.3, -0.25) is 14.4 Å². The summed E-state index contributed by atoms with van der Waals surface area (Å²) in [6.45, 7) is 7.75. The van der Waals surface area contributed by atoms with E-state index >= 15 is 0 Å². The Hall–Kier alpha value is -2.78. The number of ketones is 2. The van der Waals surface area contributed by atoms with Gasteiger partial charge in [-0.25, -0.2) is 4.39 Å². The van der Waals surface area contributed by atoms with Crippen molar-refractivity contribution in [3.8, 4) is 5.75 Å². The zero-order valence-corrected chi connectivity index (χ0v) is 26.6. The SMILES string of the molecule is CC1(C)CC(=O)C2=C(C1)N(CC(=O)O)C1=C(C(=O)CC(C)(C)C1)C2c1cc(Br)c(OCc2ccccc2F)c(Br)c1. The largest absolute Gasteiger partial charge is 0.486 e. The van der Waals surface area contributed by atoms with E-state index in [1.54, 1.807) is 23.1 Å². The Bertz CT molecular complexity index is 1460. The molecule has 1 aliphatic heterocycles. The molecule has 0 amide bonds. The molecule has 0 saturated heterocycles. The lowest BCUT2D eigenvalue weighted by molar-refractivity contribution is -0.138. The van der Waals surface area contributed by atoms with Crippen molar-refractivity contribution in [2.75, 3.05) is 6.54 Å². The average Bonchev–Trinajstić information content (AvgIpc) is 2.83. The molecule has 3 aliphatic rings. The van der Waals surface area contributed by atoms with E-state index in [9.17, 15) is 23.9 Å². The highest BCUT2D eigenvalue weighted by molar-refractivity contribution is 9.11. The van der Waals surface area contributed by atoms with Crippen molar-refractivity contribution in [3.05, 3.63) is 84.8 Å². The molecule has 41 heavy (non-hydrogen) atoms. The van der Waals surface area contributed by atoms with Crippen molar-refractivity contribution >= 4 is 49.4 Å². The summed E-state index contributed by atoms with van der Waals surface area (Å²) in [7, 11) is 0. The minimum absolute atomic E-state index is 0.0164. The molecular weight excluding hydrogens is 657 g/mol. The van der Waals surface area contributed by atoms with Gasteiger partial charge in [0.1, 0.15) is 24.7 Å². The molecule has 2 aromatic rings. The van der Waals surface area contributed by atoms with Gasteiger partial charge in [0.2, 0.25) is 0 Å². The van der Waals surface area contributed by atoms with Crippen LogP contribution in [0.15, 0.2) is 67.9 Å². The van der Waals surface area contributed by atoms with E-state index in [-0.39, 0.29) is 41.4 Å². The zero-order chi connectivity index (χ0) is 29.9. The van der Waals surface area contributed by atoms with E-state index in [1.165, 1.54) is 6.07 Å². The van der Waals surface area contributed by atoms with Crippen LogP contribution in [0.2, 0.25) is 0 Å². The van der Waals surface area contributed by atoms with E-state index in [0.29, 0.717) is 68.5 Å². The lowest BCUT2D eigenvalue weighted by Crippen LogP contribution is -2.45. The maximum absolute atomic E-state index is 14.2. The van der Waals surface area contributed by atoms with Crippen molar-refractivity contribution in [1.29, 1.82) is 0 Å². The Balaban J connectivity index is 1.65. The van der Waals surface area contributed by atoms with Gasteiger partial charge in [0.05, 0.1) is 8.95 Å². The summed E-state index contributed by atoms with van der Waals surface area (Å²) in [5, 5.41) is 9.87. The first kappa shape index (κ1) is 29.7. The van der Waals surface area contributed by atoms with Crippen LogP contribution in [0, 0.1) is 16.6 Å². The molecule has 0 fully saturated rings. The number of allylic oxidation sites excluding steroid dienone is 4. The molecule has 216 valence electrons. The minimum atomic E-state index is -1.02. The van der Waals surface area contributed by atoms with Gasteiger partial charge in [-0.2, -0.15) is 0 Å². The Morgan fingerprint density at radius 3 is 1.95 bits per heavy atom. The number of benzene rings is 2. The first-order chi connectivity index (χ1) is 19.2. The van der Waals surface area contributed by atoms with E-state index in [4.69, 9.17) is 4.74 Å². The number of carboxylic acids is 1. The number of ether oxygens (including phenoxy) is 1. The molecule has 1 N–H and O–H groups in total. The highest BCUT2D eigenvalue weighted by Crippen LogP contribution is 2.55. The van der Waals surface area contributed by atoms with Gasteiger partial charge < -0.3 is 14.7 Å². The average molecular weight is 689 g/mol. The molecule has 0 radical (unpaired) electrons. The van der Waals surface area contributed by atoms with Gasteiger partial charge >= 0.3 is 5.97 Å². The topological polar surface area (TPSA) is 83.9 Å². The third-order valence-electron chi connectivity index (χ3n) is 8.00. The Morgan fingerprint density at radius 1 is 0.951 bits per heavy atom. The summed E-state index contributed by atoms with van der Waals surface area (Å²) in [4.78, 5) is 41.5. The van der Waals surface area contributed by atoms with Gasteiger partial charge in [0, 0.05) is 46.9 Å². The third kappa shape index (κ3) is 5.80. The second kappa shape index (κ2) is 10.8. The second-order valence-corrected chi connectivity index (χ2v) is 14.4. The number of aliphatic carboxylic acids is 1. The summed E-state index contributed by atoms with van der Waals surface area (Å²) >= 11 is 7.21. The Labute approximate surface area is 255 Å². The number of carbonyl (C=O) groups excluding carboxylic acids is 2. The predicted molar refractivity (Wildman–Crippen MR) is 160 cm³/mol. The fraction of sp³-hybridized carbons (Fsp3) is 0.406. The molecule has 2 aromatic carbocycles. The van der Waals surface area contributed by atoms with Crippen LogP contribution >= 0.6 is 31.9 Å². The van der Waals surface area contributed by atoms with Gasteiger partial charge in [-0.1, -0.05) is 45.9 Å². The fourth-order valence-electron chi connectivity index (χ4n) is 6.36. The molecule has 1 heterocycles. The van der Waals surface area contributed by atoms with Crippen LogP contribution in [0.1, 0.15) is 70.4 Å². The molecule has 5 rings (SSSR count). The standard InChI is InChI=1S/C32H32Br2FNO5/c1-31(2)11-22-28(24(37)13-31)27(29-23(36(22)15-26(39)40)12-32(3,4)14-25(29)38)18-9-19(33)30(20(34)10-18)41-16-17-7-5-6-8-21(17)35/h5-10,27H,11-16H2,1-4H3,(H,39,40). The van der Waals surface area contributed by atoms with Crippen LogP contribution in [-0.2, 0) is 21.0 Å². The van der Waals surface area contributed by atoms with E-state index in [2.05, 4.69) is 31.9 Å². The van der Waals surface area contributed by atoms with Gasteiger partial charge in [0.25, 0.3) is 0 Å². The number of carboxylic acid groups (broad SMARTS) is 1. The van der Waals surface area contributed by atoms with Crippen LogP contribution in [0.4, 0.5) is 4.39 Å². The molecule has 6 nitrogen and oxygen atoms in total.